The number of furan rings is 1. The van der Waals surface area contributed by atoms with Crippen molar-refractivity contribution in [3.8, 4) is 0 Å². The molecule has 0 aliphatic heterocycles. The third-order valence-corrected chi connectivity index (χ3v) is 2.94. The zero-order valence-electron chi connectivity index (χ0n) is 12.0. The Bertz CT molecular complexity index is 586. The highest BCUT2D eigenvalue weighted by molar-refractivity contribution is 5.90. The summed E-state index contributed by atoms with van der Waals surface area (Å²) >= 11 is 0. The molecule has 20 heavy (non-hydrogen) atoms. The first-order valence-electron chi connectivity index (χ1n) is 6.55. The van der Waals surface area contributed by atoms with Gasteiger partial charge in [-0.1, -0.05) is 0 Å². The van der Waals surface area contributed by atoms with Gasteiger partial charge in [-0.2, -0.15) is 5.10 Å². The van der Waals surface area contributed by atoms with E-state index in [4.69, 9.17) is 9.15 Å². The summed E-state index contributed by atoms with van der Waals surface area (Å²) in [6.45, 7) is 5.16. The number of nitrogens with zero attached hydrogens (tertiary/aromatic N) is 2. The summed E-state index contributed by atoms with van der Waals surface area (Å²) in [4.78, 5) is 11.8. The molecule has 2 rings (SSSR count). The molecular formula is C14H19N3O3. The van der Waals surface area contributed by atoms with Gasteiger partial charge >= 0.3 is 5.97 Å². The number of ether oxygens (including phenoxy) is 1. The molecule has 6 heteroatoms. The van der Waals surface area contributed by atoms with Crippen molar-refractivity contribution in [3.05, 3.63) is 41.1 Å². The molecule has 0 atom stereocenters. The number of aromatic nitrogens is 2. The molecule has 0 aliphatic rings. The van der Waals surface area contributed by atoms with Gasteiger partial charge in [0.05, 0.1) is 25.0 Å². The Hall–Kier alpha value is -2.08. The van der Waals surface area contributed by atoms with Crippen molar-refractivity contribution in [1.29, 1.82) is 0 Å². The second-order valence-corrected chi connectivity index (χ2v) is 4.46. The number of hydrogen-bond acceptors (Lipinski definition) is 5. The molecule has 6 nitrogen and oxygen atoms in total. The van der Waals surface area contributed by atoms with E-state index in [9.17, 15) is 4.79 Å². The Labute approximate surface area is 117 Å². The zero-order chi connectivity index (χ0) is 14.5. The van der Waals surface area contributed by atoms with Gasteiger partial charge in [0.1, 0.15) is 17.1 Å². The maximum atomic E-state index is 11.8. The van der Waals surface area contributed by atoms with E-state index in [1.54, 1.807) is 18.7 Å². The van der Waals surface area contributed by atoms with Crippen LogP contribution in [0.4, 0.5) is 0 Å². The first-order valence-corrected chi connectivity index (χ1v) is 6.55. The number of carbonyl (C=O) groups is 1. The molecule has 0 saturated carbocycles. The minimum Gasteiger partial charge on any atom is -0.465 e. The van der Waals surface area contributed by atoms with Crippen LogP contribution >= 0.6 is 0 Å². The van der Waals surface area contributed by atoms with Gasteiger partial charge in [-0.05, 0) is 26.0 Å². The quantitative estimate of drug-likeness (QED) is 0.815. The van der Waals surface area contributed by atoms with Gasteiger partial charge in [0.15, 0.2) is 0 Å². The molecule has 0 fully saturated rings. The van der Waals surface area contributed by atoms with Crippen LogP contribution in [-0.4, -0.2) is 22.4 Å². The minimum atomic E-state index is -0.341. The predicted molar refractivity (Wildman–Crippen MR) is 73.2 cm³/mol. The van der Waals surface area contributed by atoms with Crippen molar-refractivity contribution in [2.45, 2.75) is 26.9 Å². The lowest BCUT2D eigenvalue weighted by molar-refractivity contribution is 0.0524. The highest BCUT2D eigenvalue weighted by Crippen LogP contribution is 2.10. The Kier molecular flexibility index (Phi) is 4.57. The van der Waals surface area contributed by atoms with Crippen LogP contribution in [0.25, 0.3) is 0 Å². The highest BCUT2D eigenvalue weighted by atomic mass is 16.5. The maximum absolute atomic E-state index is 11.8. The Morgan fingerprint density at radius 1 is 1.45 bits per heavy atom. The maximum Gasteiger partial charge on any atom is 0.341 e. The van der Waals surface area contributed by atoms with Crippen LogP contribution in [0, 0.1) is 6.92 Å². The Balaban J connectivity index is 1.98. The van der Waals surface area contributed by atoms with E-state index >= 15 is 0 Å². The van der Waals surface area contributed by atoms with Crippen LogP contribution in [-0.2, 0) is 24.9 Å². The third-order valence-electron chi connectivity index (χ3n) is 2.94. The van der Waals surface area contributed by atoms with E-state index in [-0.39, 0.29) is 5.97 Å². The van der Waals surface area contributed by atoms with Gasteiger partial charge in [-0.25, -0.2) is 4.79 Å². The molecule has 0 amide bonds. The standard InChI is InChI=1S/C14H19N3O3/c1-4-19-14(18)12-8-16-17(3)13(12)9-15-7-11-6-5-10(2)20-11/h5-6,8,15H,4,7,9H2,1-3H3. The van der Waals surface area contributed by atoms with E-state index < -0.39 is 0 Å². The van der Waals surface area contributed by atoms with E-state index in [2.05, 4.69) is 10.4 Å². The number of rotatable bonds is 6. The molecule has 0 aliphatic carbocycles. The monoisotopic (exact) mass is 277 g/mol. The molecule has 0 radical (unpaired) electrons. The normalized spacial score (nSPS) is 10.8. The number of carbonyl (C=O) groups excluding carboxylic acids is 1. The van der Waals surface area contributed by atoms with Crippen molar-refractivity contribution in [1.82, 2.24) is 15.1 Å². The average molecular weight is 277 g/mol. The number of esters is 1. The topological polar surface area (TPSA) is 69.3 Å². The van der Waals surface area contributed by atoms with Gasteiger partial charge < -0.3 is 14.5 Å². The molecule has 2 aromatic rings. The molecule has 0 aromatic carbocycles. The molecule has 1 N–H and O–H groups in total. The average Bonchev–Trinajstić information content (AvgIpc) is 2.97. The predicted octanol–water partition coefficient (Wildman–Crippen LogP) is 1.79. The van der Waals surface area contributed by atoms with Gasteiger partial charge in [-0.15, -0.1) is 0 Å². The summed E-state index contributed by atoms with van der Waals surface area (Å²) in [6.07, 6.45) is 1.53. The largest absolute Gasteiger partial charge is 0.465 e. The van der Waals surface area contributed by atoms with Crippen molar-refractivity contribution in [2.24, 2.45) is 7.05 Å². The van der Waals surface area contributed by atoms with Crippen molar-refractivity contribution < 1.29 is 13.9 Å². The summed E-state index contributed by atoms with van der Waals surface area (Å²) < 4.78 is 12.2. The van der Waals surface area contributed by atoms with Crippen molar-refractivity contribution in [2.75, 3.05) is 6.61 Å². The molecule has 0 saturated heterocycles. The summed E-state index contributed by atoms with van der Waals surface area (Å²) in [5.74, 6) is 1.41. The van der Waals surface area contributed by atoms with Crippen LogP contribution in [0.3, 0.4) is 0 Å². The molecule has 108 valence electrons. The second-order valence-electron chi connectivity index (χ2n) is 4.46. The van der Waals surface area contributed by atoms with E-state index in [0.717, 1.165) is 17.2 Å². The Morgan fingerprint density at radius 3 is 2.90 bits per heavy atom. The van der Waals surface area contributed by atoms with Crippen molar-refractivity contribution in [3.63, 3.8) is 0 Å². The lowest BCUT2D eigenvalue weighted by Gasteiger charge is -2.07. The van der Waals surface area contributed by atoms with Gasteiger partial charge in [0.2, 0.25) is 0 Å². The number of hydrogen-bond donors (Lipinski definition) is 1. The van der Waals surface area contributed by atoms with Crippen LogP contribution < -0.4 is 5.32 Å². The van der Waals surface area contributed by atoms with E-state index in [1.165, 1.54) is 6.20 Å². The van der Waals surface area contributed by atoms with Gasteiger partial charge in [-0.3, -0.25) is 4.68 Å². The fraction of sp³-hybridized carbons (Fsp3) is 0.429. The van der Waals surface area contributed by atoms with E-state index in [0.29, 0.717) is 25.3 Å². The summed E-state index contributed by atoms with van der Waals surface area (Å²) in [5, 5.41) is 7.34. The molecule has 0 bridgehead atoms. The van der Waals surface area contributed by atoms with Crippen molar-refractivity contribution >= 4 is 5.97 Å². The zero-order valence-corrected chi connectivity index (χ0v) is 12.0. The number of nitrogens with one attached hydrogen (secondary N) is 1. The fourth-order valence-electron chi connectivity index (χ4n) is 1.94. The summed E-state index contributed by atoms with van der Waals surface area (Å²) in [7, 11) is 1.80. The minimum absolute atomic E-state index is 0.341. The molecular weight excluding hydrogens is 258 g/mol. The van der Waals surface area contributed by atoms with E-state index in [1.807, 2.05) is 19.1 Å². The fourth-order valence-corrected chi connectivity index (χ4v) is 1.94. The molecule has 2 aromatic heterocycles. The Morgan fingerprint density at radius 2 is 2.25 bits per heavy atom. The van der Waals surface area contributed by atoms with Gasteiger partial charge in [0, 0.05) is 13.6 Å². The van der Waals surface area contributed by atoms with Gasteiger partial charge in [0.25, 0.3) is 0 Å². The van der Waals surface area contributed by atoms with Crippen LogP contribution in [0.1, 0.15) is 34.5 Å². The first kappa shape index (κ1) is 14.3. The third kappa shape index (κ3) is 3.27. The van der Waals surface area contributed by atoms with Crippen LogP contribution in [0.15, 0.2) is 22.7 Å². The highest BCUT2D eigenvalue weighted by Gasteiger charge is 2.16. The lowest BCUT2D eigenvalue weighted by atomic mass is 10.2. The number of aryl methyl sites for hydroxylation is 2. The second kappa shape index (κ2) is 6.38. The summed E-state index contributed by atoms with van der Waals surface area (Å²) in [5.41, 5.74) is 1.30. The lowest BCUT2D eigenvalue weighted by Crippen LogP contribution is -2.18. The molecule has 2 heterocycles. The molecule has 0 spiro atoms. The van der Waals surface area contributed by atoms with Crippen LogP contribution in [0.2, 0.25) is 0 Å². The summed E-state index contributed by atoms with van der Waals surface area (Å²) in [6, 6.07) is 3.85. The smallest absolute Gasteiger partial charge is 0.341 e. The first-order chi connectivity index (χ1) is 9.61. The SMILES string of the molecule is CCOC(=O)c1cnn(C)c1CNCc1ccc(C)o1. The molecule has 0 unspecified atom stereocenters. The van der Waals surface area contributed by atoms with Crippen LogP contribution in [0.5, 0.6) is 0 Å².